The lowest BCUT2D eigenvalue weighted by Crippen LogP contribution is -2.19. The van der Waals surface area contributed by atoms with Crippen LogP contribution in [-0.4, -0.2) is 28.5 Å². The van der Waals surface area contributed by atoms with Gasteiger partial charge in [-0.15, -0.1) is 0 Å². The zero-order valence-electron chi connectivity index (χ0n) is 11.4. The standard InChI is InChI=1S/C13H18N4O3/c1-20-13-11(17(18)19)12(15-7-16-13)14-6-10(8-2-3-8)9-4-5-9/h7-10H,2-6H2,1H3,(H,14,15,16). The molecule has 0 unspecified atom stereocenters. The second-order valence-corrected chi connectivity index (χ2v) is 5.56. The number of nitro groups is 1. The highest BCUT2D eigenvalue weighted by Gasteiger charge is 2.41. The molecule has 7 nitrogen and oxygen atoms in total. The van der Waals surface area contributed by atoms with Crippen LogP contribution in [0, 0.1) is 27.9 Å². The summed E-state index contributed by atoms with van der Waals surface area (Å²) in [5.41, 5.74) is -0.180. The average Bonchev–Trinajstić information content (AvgIpc) is 3.31. The molecule has 2 saturated carbocycles. The van der Waals surface area contributed by atoms with Crippen molar-refractivity contribution in [3.05, 3.63) is 16.4 Å². The molecule has 2 aliphatic carbocycles. The van der Waals surface area contributed by atoms with Crippen LogP contribution < -0.4 is 10.1 Å². The Hall–Kier alpha value is -1.92. The van der Waals surface area contributed by atoms with Gasteiger partial charge in [0, 0.05) is 6.54 Å². The van der Waals surface area contributed by atoms with E-state index in [2.05, 4.69) is 15.3 Å². The van der Waals surface area contributed by atoms with Gasteiger partial charge in [-0.2, -0.15) is 4.98 Å². The van der Waals surface area contributed by atoms with Gasteiger partial charge in [-0.05, 0) is 43.4 Å². The average molecular weight is 278 g/mol. The second kappa shape index (κ2) is 5.22. The van der Waals surface area contributed by atoms with Crippen molar-refractivity contribution < 1.29 is 9.66 Å². The first-order chi connectivity index (χ1) is 9.70. The molecule has 1 N–H and O–H groups in total. The number of rotatable bonds is 7. The number of hydrogen-bond donors (Lipinski definition) is 1. The second-order valence-electron chi connectivity index (χ2n) is 5.56. The summed E-state index contributed by atoms with van der Waals surface area (Å²) in [5, 5.41) is 14.3. The van der Waals surface area contributed by atoms with E-state index in [4.69, 9.17) is 4.74 Å². The number of aromatic nitrogens is 2. The Morgan fingerprint density at radius 2 is 2.05 bits per heavy atom. The van der Waals surface area contributed by atoms with Crippen LogP contribution in [0.5, 0.6) is 5.88 Å². The van der Waals surface area contributed by atoms with E-state index in [0.29, 0.717) is 5.92 Å². The lowest BCUT2D eigenvalue weighted by atomic mass is 9.98. The van der Waals surface area contributed by atoms with Gasteiger partial charge in [-0.25, -0.2) is 4.98 Å². The van der Waals surface area contributed by atoms with Gasteiger partial charge in [0.15, 0.2) is 0 Å². The maximum absolute atomic E-state index is 11.1. The maximum Gasteiger partial charge on any atom is 0.372 e. The minimum Gasteiger partial charge on any atom is -0.476 e. The zero-order valence-corrected chi connectivity index (χ0v) is 11.4. The molecule has 0 atom stereocenters. The SMILES string of the molecule is COc1ncnc(NCC(C2CC2)C2CC2)c1[N+](=O)[O-]. The van der Waals surface area contributed by atoms with E-state index in [1.54, 1.807) is 0 Å². The molecule has 0 spiro atoms. The Morgan fingerprint density at radius 1 is 1.40 bits per heavy atom. The minimum absolute atomic E-state index is 0.00175. The molecule has 108 valence electrons. The molecule has 1 heterocycles. The Bertz CT molecular complexity index is 502. The van der Waals surface area contributed by atoms with E-state index in [9.17, 15) is 10.1 Å². The third kappa shape index (κ3) is 2.66. The Kier molecular flexibility index (Phi) is 3.42. The fourth-order valence-corrected chi connectivity index (χ4v) is 2.79. The molecule has 20 heavy (non-hydrogen) atoms. The number of nitrogens with one attached hydrogen (secondary N) is 1. The molecule has 2 fully saturated rings. The molecular formula is C13H18N4O3. The van der Waals surface area contributed by atoms with Crippen LogP contribution in [0.4, 0.5) is 11.5 Å². The summed E-state index contributed by atoms with van der Waals surface area (Å²) in [4.78, 5) is 18.4. The Labute approximate surface area is 116 Å². The summed E-state index contributed by atoms with van der Waals surface area (Å²) >= 11 is 0. The molecule has 1 aromatic rings. The summed E-state index contributed by atoms with van der Waals surface area (Å²) in [6.07, 6.45) is 6.45. The fourth-order valence-electron chi connectivity index (χ4n) is 2.79. The van der Waals surface area contributed by atoms with Crippen molar-refractivity contribution >= 4 is 11.5 Å². The molecule has 0 aliphatic heterocycles. The monoisotopic (exact) mass is 278 g/mol. The van der Waals surface area contributed by atoms with Gasteiger partial charge in [-0.1, -0.05) is 0 Å². The Morgan fingerprint density at radius 3 is 2.55 bits per heavy atom. The highest BCUT2D eigenvalue weighted by Crippen LogP contribution is 2.49. The number of nitrogens with zero attached hydrogens (tertiary/aromatic N) is 3. The summed E-state index contributed by atoms with van der Waals surface area (Å²) in [5.74, 6) is 2.46. The molecule has 0 bridgehead atoms. The van der Waals surface area contributed by atoms with Crippen molar-refractivity contribution in [2.24, 2.45) is 17.8 Å². The first-order valence-corrected chi connectivity index (χ1v) is 6.98. The molecule has 3 rings (SSSR count). The predicted octanol–water partition coefficient (Wildman–Crippen LogP) is 2.24. The molecule has 0 aromatic carbocycles. The Balaban J connectivity index is 1.74. The van der Waals surface area contributed by atoms with E-state index in [0.717, 1.165) is 18.4 Å². The van der Waals surface area contributed by atoms with Crippen molar-refractivity contribution in [1.82, 2.24) is 9.97 Å². The first kappa shape index (κ1) is 13.1. The molecule has 2 aliphatic rings. The number of ether oxygens (including phenoxy) is 1. The van der Waals surface area contributed by atoms with Gasteiger partial charge in [0.2, 0.25) is 5.82 Å². The van der Waals surface area contributed by atoms with Gasteiger partial charge in [0.05, 0.1) is 12.0 Å². The summed E-state index contributed by atoms with van der Waals surface area (Å²) in [7, 11) is 1.37. The predicted molar refractivity (Wildman–Crippen MR) is 72.7 cm³/mol. The molecule has 7 heteroatoms. The highest BCUT2D eigenvalue weighted by atomic mass is 16.6. The quantitative estimate of drug-likeness (QED) is 0.607. The van der Waals surface area contributed by atoms with Gasteiger partial charge >= 0.3 is 5.69 Å². The van der Waals surface area contributed by atoms with Crippen molar-refractivity contribution in [2.75, 3.05) is 19.0 Å². The van der Waals surface area contributed by atoms with Crippen molar-refractivity contribution in [3.63, 3.8) is 0 Å². The van der Waals surface area contributed by atoms with Crippen LogP contribution in [0.15, 0.2) is 6.33 Å². The van der Waals surface area contributed by atoms with Gasteiger partial charge in [-0.3, -0.25) is 10.1 Å². The third-order valence-corrected chi connectivity index (χ3v) is 4.12. The van der Waals surface area contributed by atoms with Crippen LogP contribution in [0.3, 0.4) is 0 Å². The van der Waals surface area contributed by atoms with Crippen LogP contribution in [0.2, 0.25) is 0 Å². The fraction of sp³-hybridized carbons (Fsp3) is 0.692. The number of hydrogen-bond acceptors (Lipinski definition) is 6. The van der Waals surface area contributed by atoms with Crippen LogP contribution in [0.25, 0.3) is 0 Å². The molecule has 1 aromatic heterocycles. The van der Waals surface area contributed by atoms with Crippen LogP contribution >= 0.6 is 0 Å². The van der Waals surface area contributed by atoms with E-state index in [-0.39, 0.29) is 17.4 Å². The lowest BCUT2D eigenvalue weighted by molar-refractivity contribution is -0.385. The highest BCUT2D eigenvalue weighted by molar-refractivity contribution is 5.61. The summed E-state index contributed by atoms with van der Waals surface area (Å²) < 4.78 is 4.94. The third-order valence-electron chi connectivity index (χ3n) is 4.12. The van der Waals surface area contributed by atoms with E-state index in [1.165, 1.54) is 39.1 Å². The topological polar surface area (TPSA) is 90.2 Å². The molecule has 0 amide bonds. The minimum atomic E-state index is -0.496. The molecular weight excluding hydrogens is 260 g/mol. The van der Waals surface area contributed by atoms with Crippen molar-refractivity contribution in [3.8, 4) is 5.88 Å². The lowest BCUT2D eigenvalue weighted by Gasteiger charge is -2.16. The van der Waals surface area contributed by atoms with Gasteiger partial charge in [0.1, 0.15) is 6.33 Å². The van der Waals surface area contributed by atoms with Gasteiger partial charge in [0.25, 0.3) is 5.88 Å². The number of methoxy groups -OCH3 is 1. The largest absolute Gasteiger partial charge is 0.476 e. The summed E-state index contributed by atoms with van der Waals surface area (Å²) in [6, 6.07) is 0. The molecule has 0 radical (unpaired) electrons. The van der Waals surface area contributed by atoms with E-state index < -0.39 is 4.92 Å². The van der Waals surface area contributed by atoms with Crippen LogP contribution in [-0.2, 0) is 0 Å². The smallest absolute Gasteiger partial charge is 0.372 e. The van der Waals surface area contributed by atoms with E-state index in [1.807, 2.05) is 0 Å². The molecule has 0 saturated heterocycles. The van der Waals surface area contributed by atoms with E-state index >= 15 is 0 Å². The summed E-state index contributed by atoms with van der Waals surface area (Å²) in [6.45, 7) is 0.746. The van der Waals surface area contributed by atoms with Crippen molar-refractivity contribution in [1.29, 1.82) is 0 Å². The van der Waals surface area contributed by atoms with Crippen LogP contribution in [0.1, 0.15) is 25.7 Å². The first-order valence-electron chi connectivity index (χ1n) is 6.98. The zero-order chi connectivity index (χ0) is 14.1. The van der Waals surface area contributed by atoms with Gasteiger partial charge < -0.3 is 10.1 Å². The normalized spacial score (nSPS) is 18.1. The number of anilines is 1. The maximum atomic E-state index is 11.1. The van der Waals surface area contributed by atoms with Crippen molar-refractivity contribution in [2.45, 2.75) is 25.7 Å².